The molecule has 0 atom stereocenters. The fraction of sp³-hybridized carbons (Fsp3) is 0.350. The second-order valence-corrected chi connectivity index (χ2v) is 8.21. The number of methoxy groups -OCH3 is 2. The van der Waals surface area contributed by atoms with Crippen LogP contribution in [-0.2, 0) is 16.4 Å². The van der Waals surface area contributed by atoms with E-state index in [2.05, 4.69) is 10.0 Å². The molecule has 0 bridgehead atoms. The van der Waals surface area contributed by atoms with Crippen LogP contribution >= 0.6 is 0 Å². The standard InChI is InChI=1S/C20H26N2O5S/c1-14(2)22-28(24,25)17-7-5-6-16(13-17)20(23)21-11-10-15-8-9-18(26-3)19(12-15)27-4/h5-9,12-14,22H,10-11H2,1-4H3,(H,21,23). The van der Waals surface area contributed by atoms with Gasteiger partial charge in [-0.05, 0) is 56.2 Å². The number of rotatable bonds is 9. The van der Waals surface area contributed by atoms with Gasteiger partial charge in [0.15, 0.2) is 11.5 Å². The minimum atomic E-state index is -3.65. The quantitative estimate of drug-likeness (QED) is 0.667. The number of nitrogens with one attached hydrogen (secondary N) is 2. The zero-order valence-corrected chi connectivity index (χ0v) is 17.3. The zero-order valence-electron chi connectivity index (χ0n) is 16.5. The van der Waals surface area contributed by atoms with E-state index < -0.39 is 10.0 Å². The van der Waals surface area contributed by atoms with Gasteiger partial charge in [-0.3, -0.25) is 4.79 Å². The lowest BCUT2D eigenvalue weighted by Gasteiger charge is -2.11. The average Bonchev–Trinajstić information content (AvgIpc) is 2.66. The maximum atomic E-state index is 12.4. The van der Waals surface area contributed by atoms with E-state index in [1.165, 1.54) is 12.1 Å². The third-order valence-electron chi connectivity index (χ3n) is 3.94. The lowest BCUT2D eigenvalue weighted by atomic mass is 10.1. The number of carbonyl (C=O) groups excluding carboxylic acids is 1. The van der Waals surface area contributed by atoms with Gasteiger partial charge in [-0.25, -0.2) is 13.1 Å². The van der Waals surface area contributed by atoms with Crippen LogP contribution in [0.15, 0.2) is 47.4 Å². The molecule has 2 aromatic carbocycles. The summed E-state index contributed by atoms with van der Waals surface area (Å²) in [5.74, 6) is 0.937. The van der Waals surface area contributed by atoms with Crippen molar-refractivity contribution in [1.29, 1.82) is 0 Å². The van der Waals surface area contributed by atoms with Crippen molar-refractivity contribution in [2.24, 2.45) is 0 Å². The Hall–Kier alpha value is -2.58. The molecule has 0 saturated carbocycles. The molecule has 0 aliphatic rings. The normalized spacial score (nSPS) is 11.3. The summed E-state index contributed by atoms with van der Waals surface area (Å²) in [6, 6.07) is 11.3. The second-order valence-electron chi connectivity index (χ2n) is 6.50. The van der Waals surface area contributed by atoms with Crippen LogP contribution in [0, 0.1) is 0 Å². The first-order chi connectivity index (χ1) is 13.3. The number of amides is 1. The van der Waals surface area contributed by atoms with Gasteiger partial charge < -0.3 is 14.8 Å². The maximum absolute atomic E-state index is 12.4. The Balaban J connectivity index is 2.01. The Bertz CT molecular complexity index is 926. The Morgan fingerprint density at radius 1 is 1.04 bits per heavy atom. The van der Waals surface area contributed by atoms with Gasteiger partial charge in [0.1, 0.15) is 0 Å². The molecule has 0 spiro atoms. The molecule has 2 aromatic rings. The van der Waals surface area contributed by atoms with Crippen LogP contribution in [0.2, 0.25) is 0 Å². The number of ether oxygens (including phenoxy) is 2. The SMILES string of the molecule is COc1ccc(CCNC(=O)c2cccc(S(=O)(=O)NC(C)C)c2)cc1OC. The molecule has 2 N–H and O–H groups in total. The van der Waals surface area contributed by atoms with E-state index in [4.69, 9.17) is 9.47 Å². The Morgan fingerprint density at radius 3 is 2.39 bits per heavy atom. The van der Waals surface area contributed by atoms with E-state index in [0.29, 0.717) is 30.0 Å². The molecule has 1 amide bonds. The van der Waals surface area contributed by atoms with Crippen molar-refractivity contribution in [3.8, 4) is 11.5 Å². The molecule has 0 radical (unpaired) electrons. The van der Waals surface area contributed by atoms with Crippen LogP contribution in [-0.4, -0.2) is 41.1 Å². The van der Waals surface area contributed by atoms with E-state index in [1.54, 1.807) is 40.2 Å². The number of benzene rings is 2. The van der Waals surface area contributed by atoms with Gasteiger partial charge in [0.05, 0.1) is 19.1 Å². The molecular weight excluding hydrogens is 380 g/mol. The second kappa shape index (κ2) is 9.57. The lowest BCUT2D eigenvalue weighted by molar-refractivity contribution is 0.0954. The van der Waals surface area contributed by atoms with E-state index in [9.17, 15) is 13.2 Å². The highest BCUT2D eigenvalue weighted by molar-refractivity contribution is 7.89. The zero-order chi connectivity index (χ0) is 20.7. The molecule has 0 saturated heterocycles. The van der Waals surface area contributed by atoms with Gasteiger partial charge in [0.25, 0.3) is 5.91 Å². The number of carbonyl (C=O) groups is 1. The highest BCUT2D eigenvalue weighted by Crippen LogP contribution is 2.27. The van der Waals surface area contributed by atoms with Crippen molar-refractivity contribution in [2.75, 3.05) is 20.8 Å². The summed E-state index contributed by atoms with van der Waals surface area (Å²) in [6.07, 6.45) is 0.596. The molecule has 2 rings (SSSR count). The fourth-order valence-electron chi connectivity index (χ4n) is 2.64. The van der Waals surface area contributed by atoms with E-state index in [-0.39, 0.29) is 16.8 Å². The van der Waals surface area contributed by atoms with Crippen molar-refractivity contribution in [2.45, 2.75) is 31.2 Å². The minimum absolute atomic E-state index is 0.0636. The summed E-state index contributed by atoms with van der Waals surface area (Å²) in [5, 5.41) is 2.81. The van der Waals surface area contributed by atoms with Gasteiger partial charge in [0.2, 0.25) is 10.0 Å². The predicted octanol–water partition coefficient (Wildman–Crippen LogP) is 2.36. The average molecular weight is 407 g/mol. The topological polar surface area (TPSA) is 93.7 Å². The van der Waals surface area contributed by atoms with E-state index in [0.717, 1.165) is 5.56 Å². The molecule has 8 heteroatoms. The molecule has 0 heterocycles. The van der Waals surface area contributed by atoms with Gasteiger partial charge in [0, 0.05) is 18.2 Å². The van der Waals surface area contributed by atoms with Crippen molar-refractivity contribution in [1.82, 2.24) is 10.0 Å². The smallest absolute Gasteiger partial charge is 0.251 e. The lowest BCUT2D eigenvalue weighted by Crippen LogP contribution is -2.30. The molecule has 0 unspecified atom stereocenters. The molecule has 0 fully saturated rings. The predicted molar refractivity (Wildman–Crippen MR) is 107 cm³/mol. The van der Waals surface area contributed by atoms with Crippen molar-refractivity contribution in [3.63, 3.8) is 0 Å². The summed E-state index contributed by atoms with van der Waals surface area (Å²) in [5.41, 5.74) is 1.27. The van der Waals surface area contributed by atoms with Crippen LogP contribution in [0.3, 0.4) is 0 Å². The van der Waals surface area contributed by atoms with Gasteiger partial charge in [-0.15, -0.1) is 0 Å². The molecular formula is C20H26N2O5S. The summed E-state index contributed by atoms with van der Waals surface area (Å²) in [7, 11) is -0.509. The first kappa shape index (κ1) is 21.7. The highest BCUT2D eigenvalue weighted by Gasteiger charge is 2.17. The van der Waals surface area contributed by atoms with Crippen LogP contribution in [0.1, 0.15) is 29.8 Å². The number of hydrogen-bond donors (Lipinski definition) is 2. The number of hydrogen-bond acceptors (Lipinski definition) is 5. The monoisotopic (exact) mass is 406 g/mol. The summed E-state index contributed by atoms with van der Waals surface area (Å²) < 4.78 is 37.5. The van der Waals surface area contributed by atoms with Crippen LogP contribution in [0.4, 0.5) is 0 Å². The van der Waals surface area contributed by atoms with Crippen molar-refractivity contribution >= 4 is 15.9 Å². The Labute approximate surface area is 166 Å². The van der Waals surface area contributed by atoms with Gasteiger partial charge >= 0.3 is 0 Å². The fourth-order valence-corrected chi connectivity index (χ4v) is 3.94. The minimum Gasteiger partial charge on any atom is -0.493 e. The van der Waals surface area contributed by atoms with E-state index in [1.807, 2.05) is 18.2 Å². The Morgan fingerprint density at radius 2 is 1.75 bits per heavy atom. The summed E-state index contributed by atoms with van der Waals surface area (Å²) >= 11 is 0. The van der Waals surface area contributed by atoms with Crippen molar-refractivity contribution < 1.29 is 22.7 Å². The molecule has 0 aliphatic carbocycles. The molecule has 0 aliphatic heterocycles. The third kappa shape index (κ3) is 5.71. The van der Waals surface area contributed by atoms with Gasteiger partial charge in [-0.2, -0.15) is 0 Å². The largest absolute Gasteiger partial charge is 0.493 e. The first-order valence-corrected chi connectivity index (χ1v) is 10.4. The third-order valence-corrected chi connectivity index (χ3v) is 5.60. The van der Waals surface area contributed by atoms with Crippen LogP contribution in [0.5, 0.6) is 11.5 Å². The summed E-state index contributed by atoms with van der Waals surface area (Å²) in [4.78, 5) is 12.5. The van der Waals surface area contributed by atoms with Crippen LogP contribution in [0.25, 0.3) is 0 Å². The van der Waals surface area contributed by atoms with Crippen LogP contribution < -0.4 is 19.5 Å². The van der Waals surface area contributed by atoms with Gasteiger partial charge in [-0.1, -0.05) is 12.1 Å². The molecule has 152 valence electrons. The summed E-state index contributed by atoms with van der Waals surface area (Å²) in [6.45, 7) is 3.88. The highest BCUT2D eigenvalue weighted by atomic mass is 32.2. The van der Waals surface area contributed by atoms with E-state index >= 15 is 0 Å². The molecule has 7 nitrogen and oxygen atoms in total. The first-order valence-electron chi connectivity index (χ1n) is 8.88. The Kier molecular flexibility index (Phi) is 7.42. The molecule has 0 aromatic heterocycles. The molecule has 28 heavy (non-hydrogen) atoms. The van der Waals surface area contributed by atoms with Crippen molar-refractivity contribution in [3.05, 3.63) is 53.6 Å². The maximum Gasteiger partial charge on any atom is 0.251 e. The number of sulfonamides is 1.